The molecule has 0 aromatic heterocycles. The summed E-state index contributed by atoms with van der Waals surface area (Å²) in [6, 6.07) is 0. The van der Waals surface area contributed by atoms with E-state index in [9.17, 15) is 13.6 Å². The zero-order chi connectivity index (χ0) is 8.15. The molecule has 0 saturated heterocycles. The van der Waals surface area contributed by atoms with Crippen molar-refractivity contribution in [1.82, 2.24) is 4.90 Å². The van der Waals surface area contributed by atoms with Gasteiger partial charge in [-0.1, -0.05) is 0 Å². The van der Waals surface area contributed by atoms with Crippen molar-refractivity contribution >= 4 is 5.91 Å². The van der Waals surface area contributed by atoms with Gasteiger partial charge in [-0.25, -0.2) is 0 Å². The van der Waals surface area contributed by atoms with Crippen LogP contribution < -0.4 is 0 Å². The van der Waals surface area contributed by atoms with Crippen LogP contribution in [0.4, 0.5) is 8.78 Å². The van der Waals surface area contributed by atoms with E-state index in [-0.39, 0.29) is 0 Å². The summed E-state index contributed by atoms with van der Waals surface area (Å²) >= 11 is 0. The molecular formula is C6H11F2NO. The number of rotatable bonds is 3. The maximum absolute atomic E-state index is 11.8. The van der Waals surface area contributed by atoms with Crippen molar-refractivity contribution in [2.45, 2.75) is 0 Å². The summed E-state index contributed by atoms with van der Waals surface area (Å²) < 4.78 is 23.6. The first-order valence-electron chi connectivity index (χ1n) is 2.96. The van der Waals surface area contributed by atoms with Gasteiger partial charge in [0.25, 0.3) is 0 Å². The van der Waals surface area contributed by atoms with Gasteiger partial charge in [0.2, 0.25) is 5.91 Å². The first kappa shape index (κ1) is 9.33. The van der Waals surface area contributed by atoms with Gasteiger partial charge in [0.05, 0.1) is 5.92 Å². The Morgan fingerprint density at radius 3 is 1.90 bits per heavy atom. The molecule has 0 aromatic rings. The minimum atomic E-state index is -1.10. The van der Waals surface area contributed by atoms with Gasteiger partial charge in [0.1, 0.15) is 13.3 Å². The second-order valence-electron chi connectivity index (χ2n) is 2.24. The third-order valence-corrected chi connectivity index (χ3v) is 1.16. The summed E-state index contributed by atoms with van der Waals surface area (Å²) in [6.45, 7) is -1.85. The van der Waals surface area contributed by atoms with Gasteiger partial charge in [-0.15, -0.1) is 0 Å². The normalized spacial score (nSPS) is 10.1. The van der Waals surface area contributed by atoms with E-state index in [4.69, 9.17) is 0 Å². The monoisotopic (exact) mass is 151 g/mol. The second kappa shape index (κ2) is 4.19. The second-order valence-corrected chi connectivity index (χ2v) is 2.24. The Hall–Kier alpha value is -0.670. The van der Waals surface area contributed by atoms with Crippen LogP contribution >= 0.6 is 0 Å². The van der Waals surface area contributed by atoms with Crippen LogP contribution in [0.15, 0.2) is 0 Å². The van der Waals surface area contributed by atoms with Gasteiger partial charge in [-0.3, -0.25) is 13.6 Å². The summed E-state index contributed by atoms with van der Waals surface area (Å²) in [4.78, 5) is 11.9. The van der Waals surface area contributed by atoms with Crippen LogP contribution in [-0.2, 0) is 4.79 Å². The van der Waals surface area contributed by atoms with E-state index in [0.717, 1.165) is 0 Å². The van der Waals surface area contributed by atoms with Gasteiger partial charge in [0.15, 0.2) is 0 Å². The Morgan fingerprint density at radius 2 is 1.80 bits per heavy atom. The molecule has 4 heteroatoms. The van der Waals surface area contributed by atoms with Gasteiger partial charge in [-0.05, 0) is 0 Å². The van der Waals surface area contributed by atoms with Crippen molar-refractivity contribution in [3.05, 3.63) is 0 Å². The highest BCUT2D eigenvalue weighted by Crippen LogP contribution is 2.01. The fourth-order valence-electron chi connectivity index (χ4n) is 0.538. The lowest BCUT2D eigenvalue weighted by atomic mass is 10.2. The molecule has 10 heavy (non-hydrogen) atoms. The lowest BCUT2D eigenvalue weighted by Crippen LogP contribution is -2.31. The van der Waals surface area contributed by atoms with Crippen LogP contribution in [0.5, 0.6) is 0 Å². The van der Waals surface area contributed by atoms with Crippen molar-refractivity contribution in [1.29, 1.82) is 0 Å². The molecule has 0 aliphatic carbocycles. The standard InChI is InChI=1S/C6H11F2NO/c1-9(2)6(10)5(3-7)4-8/h5H,3-4H2,1-2H3. The highest BCUT2D eigenvalue weighted by molar-refractivity contribution is 5.78. The number of alkyl halides is 2. The largest absolute Gasteiger partial charge is 0.348 e. The predicted molar refractivity (Wildman–Crippen MR) is 34.1 cm³/mol. The Bertz CT molecular complexity index is 112. The summed E-state index contributed by atoms with van der Waals surface area (Å²) in [5.74, 6) is -1.60. The maximum atomic E-state index is 11.8. The third kappa shape index (κ3) is 2.29. The van der Waals surface area contributed by atoms with Crippen LogP contribution in [0, 0.1) is 5.92 Å². The molecule has 1 amide bonds. The molecule has 0 aromatic carbocycles. The quantitative estimate of drug-likeness (QED) is 0.579. The number of hydrogen-bond acceptors (Lipinski definition) is 1. The van der Waals surface area contributed by atoms with Crippen LogP contribution in [0.1, 0.15) is 0 Å². The Kier molecular flexibility index (Phi) is 3.91. The molecule has 60 valence electrons. The average Bonchev–Trinajstić information content (AvgIpc) is 1.90. The van der Waals surface area contributed by atoms with E-state index in [1.165, 1.54) is 19.0 Å². The molecule has 0 heterocycles. The van der Waals surface area contributed by atoms with E-state index < -0.39 is 25.2 Å². The SMILES string of the molecule is CN(C)C(=O)C(CF)CF. The Morgan fingerprint density at radius 1 is 1.40 bits per heavy atom. The van der Waals surface area contributed by atoms with Gasteiger partial charge in [0, 0.05) is 14.1 Å². The minimum absolute atomic E-state index is 0.495. The van der Waals surface area contributed by atoms with Crippen LogP contribution in [0.2, 0.25) is 0 Å². The zero-order valence-electron chi connectivity index (χ0n) is 6.10. The molecule has 0 saturated carbocycles. The summed E-state index contributed by atoms with van der Waals surface area (Å²) in [5, 5.41) is 0. The molecule has 0 rings (SSSR count). The minimum Gasteiger partial charge on any atom is -0.348 e. The maximum Gasteiger partial charge on any atom is 0.230 e. The van der Waals surface area contributed by atoms with E-state index in [1.807, 2.05) is 0 Å². The molecule has 0 bridgehead atoms. The molecule has 0 atom stereocenters. The van der Waals surface area contributed by atoms with E-state index in [2.05, 4.69) is 0 Å². The van der Waals surface area contributed by atoms with Crippen molar-refractivity contribution in [3.63, 3.8) is 0 Å². The Balaban J connectivity index is 3.89. The summed E-state index contributed by atoms with van der Waals surface area (Å²) in [6.07, 6.45) is 0. The molecule has 0 unspecified atom stereocenters. The number of amides is 1. The molecule has 0 aliphatic heterocycles. The number of hydrogen-bond donors (Lipinski definition) is 0. The van der Waals surface area contributed by atoms with Crippen LogP contribution in [0.3, 0.4) is 0 Å². The van der Waals surface area contributed by atoms with Crippen LogP contribution in [-0.4, -0.2) is 38.3 Å². The van der Waals surface area contributed by atoms with Crippen molar-refractivity contribution in [3.8, 4) is 0 Å². The number of carbonyl (C=O) groups excluding carboxylic acids is 1. The van der Waals surface area contributed by atoms with E-state index >= 15 is 0 Å². The number of nitrogens with zero attached hydrogens (tertiary/aromatic N) is 1. The first-order valence-corrected chi connectivity index (χ1v) is 2.96. The average molecular weight is 151 g/mol. The number of carbonyl (C=O) groups is 1. The zero-order valence-corrected chi connectivity index (χ0v) is 6.10. The molecule has 0 radical (unpaired) electrons. The van der Waals surface area contributed by atoms with Gasteiger partial charge < -0.3 is 4.90 Å². The third-order valence-electron chi connectivity index (χ3n) is 1.16. The fourth-order valence-corrected chi connectivity index (χ4v) is 0.538. The lowest BCUT2D eigenvalue weighted by molar-refractivity contribution is -0.133. The summed E-state index contributed by atoms with van der Waals surface area (Å²) in [7, 11) is 2.95. The molecule has 0 aliphatic rings. The van der Waals surface area contributed by atoms with Gasteiger partial charge >= 0.3 is 0 Å². The van der Waals surface area contributed by atoms with E-state index in [0.29, 0.717) is 0 Å². The summed E-state index contributed by atoms with van der Waals surface area (Å²) in [5.41, 5.74) is 0. The topological polar surface area (TPSA) is 20.3 Å². The number of halogens is 2. The molecule has 0 N–H and O–H groups in total. The molecular weight excluding hydrogens is 140 g/mol. The van der Waals surface area contributed by atoms with Crippen molar-refractivity contribution < 1.29 is 13.6 Å². The van der Waals surface area contributed by atoms with Crippen molar-refractivity contribution in [2.75, 3.05) is 27.4 Å². The van der Waals surface area contributed by atoms with Crippen molar-refractivity contribution in [2.24, 2.45) is 5.92 Å². The highest BCUT2D eigenvalue weighted by Gasteiger charge is 2.19. The lowest BCUT2D eigenvalue weighted by Gasteiger charge is -2.14. The molecule has 0 fully saturated rings. The van der Waals surface area contributed by atoms with Gasteiger partial charge in [-0.2, -0.15) is 0 Å². The Labute approximate surface area is 58.8 Å². The highest BCUT2D eigenvalue weighted by atomic mass is 19.1. The first-order chi connectivity index (χ1) is 4.63. The predicted octanol–water partition coefficient (Wildman–Crippen LogP) is 0.630. The fraction of sp³-hybridized carbons (Fsp3) is 0.833. The van der Waals surface area contributed by atoms with Crippen LogP contribution in [0.25, 0.3) is 0 Å². The van der Waals surface area contributed by atoms with E-state index in [1.54, 1.807) is 0 Å². The molecule has 0 spiro atoms. The smallest absolute Gasteiger partial charge is 0.230 e. The molecule has 2 nitrogen and oxygen atoms in total.